The highest BCUT2D eigenvalue weighted by atomic mass is 33.1. The van der Waals surface area contributed by atoms with Crippen molar-refractivity contribution in [3.63, 3.8) is 0 Å². The Kier molecular flexibility index (Phi) is 8.82. The van der Waals surface area contributed by atoms with E-state index in [1.54, 1.807) is 0 Å². The first-order chi connectivity index (χ1) is 13.7. The Morgan fingerprint density at radius 2 is 1.96 bits per heavy atom. The van der Waals surface area contributed by atoms with Gasteiger partial charge >= 0.3 is 5.97 Å². The molecule has 1 aromatic carbocycles. The molecule has 2 aliphatic heterocycles. The van der Waals surface area contributed by atoms with Gasteiger partial charge in [0.15, 0.2) is 6.61 Å². The SMILES string of the molecule is O=C(COC(=O)CCCC[C@H]1CCSS1)Nc1ccc(N2CCOCC2)cc1. The predicted octanol–water partition coefficient (Wildman–Crippen LogP) is 3.72. The Morgan fingerprint density at radius 1 is 1.18 bits per heavy atom. The van der Waals surface area contributed by atoms with E-state index in [0.29, 0.717) is 12.1 Å². The summed E-state index contributed by atoms with van der Waals surface area (Å²) in [5.74, 6) is 0.626. The maximum Gasteiger partial charge on any atom is 0.306 e. The van der Waals surface area contributed by atoms with Crippen LogP contribution in [0.1, 0.15) is 32.1 Å². The lowest BCUT2D eigenvalue weighted by Gasteiger charge is -2.28. The van der Waals surface area contributed by atoms with Crippen molar-refractivity contribution in [2.24, 2.45) is 0 Å². The van der Waals surface area contributed by atoms with Crippen LogP contribution in [-0.4, -0.2) is 55.8 Å². The third kappa shape index (κ3) is 7.22. The number of nitrogens with zero attached hydrogens (tertiary/aromatic N) is 1. The van der Waals surface area contributed by atoms with E-state index >= 15 is 0 Å². The molecule has 0 bridgehead atoms. The van der Waals surface area contributed by atoms with Crippen molar-refractivity contribution in [1.29, 1.82) is 0 Å². The van der Waals surface area contributed by atoms with Crippen LogP contribution in [0.2, 0.25) is 0 Å². The number of carbonyl (C=O) groups is 2. The van der Waals surface area contributed by atoms with E-state index in [1.165, 1.54) is 12.2 Å². The minimum atomic E-state index is -0.313. The summed E-state index contributed by atoms with van der Waals surface area (Å²) in [7, 11) is 3.90. The van der Waals surface area contributed by atoms with E-state index in [9.17, 15) is 9.59 Å². The van der Waals surface area contributed by atoms with Crippen LogP contribution in [0.4, 0.5) is 11.4 Å². The first-order valence-electron chi connectivity index (χ1n) is 9.87. The summed E-state index contributed by atoms with van der Waals surface area (Å²) in [6.07, 6.45) is 4.67. The normalized spacial score (nSPS) is 19.4. The summed E-state index contributed by atoms with van der Waals surface area (Å²) in [6, 6.07) is 7.69. The smallest absolute Gasteiger partial charge is 0.306 e. The van der Waals surface area contributed by atoms with Crippen LogP contribution in [0.5, 0.6) is 0 Å². The van der Waals surface area contributed by atoms with Gasteiger partial charge in [0.1, 0.15) is 0 Å². The van der Waals surface area contributed by atoms with Crippen molar-refractivity contribution in [2.75, 3.05) is 48.9 Å². The molecule has 0 radical (unpaired) electrons. The van der Waals surface area contributed by atoms with Gasteiger partial charge in [-0.1, -0.05) is 28.0 Å². The highest BCUT2D eigenvalue weighted by molar-refractivity contribution is 8.77. The number of amides is 1. The number of hydrogen-bond donors (Lipinski definition) is 1. The molecule has 1 N–H and O–H groups in total. The summed E-state index contributed by atoms with van der Waals surface area (Å²) in [5.41, 5.74) is 1.81. The molecule has 0 aliphatic carbocycles. The molecule has 2 heterocycles. The van der Waals surface area contributed by atoms with Crippen LogP contribution in [-0.2, 0) is 19.1 Å². The van der Waals surface area contributed by atoms with Gasteiger partial charge in [0.2, 0.25) is 0 Å². The number of ether oxygens (including phenoxy) is 2. The lowest BCUT2D eigenvalue weighted by Crippen LogP contribution is -2.36. The minimum absolute atomic E-state index is 0.237. The van der Waals surface area contributed by atoms with Crippen LogP contribution in [0, 0.1) is 0 Å². The number of nitrogens with one attached hydrogen (secondary N) is 1. The molecule has 0 spiro atoms. The van der Waals surface area contributed by atoms with Gasteiger partial charge in [-0.2, -0.15) is 0 Å². The topological polar surface area (TPSA) is 67.9 Å². The van der Waals surface area contributed by atoms with Gasteiger partial charge in [0.25, 0.3) is 5.91 Å². The van der Waals surface area contributed by atoms with Gasteiger partial charge in [0.05, 0.1) is 13.2 Å². The van der Waals surface area contributed by atoms with Crippen LogP contribution in [0.3, 0.4) is 0 Å². The second-order valence-electron chi connectivity index (χ2n) is 6.93. The molecule has 1 atom stereocenters. The van der Waals surface area contributed by atoms with Gasteiger partial charge in [0, 0.05) is 41.9 Å². The molecule has 28 heavy (non-hydrogen) atoms. The molecular formula is C20H28N2O4S2. The van der Waals surface area contributed by atoms with Crippen LogP contribution < -0.4 is 10.2 Å². The van der Waals surface area contributed by atoms with Crippen LogP contribution >= 0.6 is 21.6 Å². The van der Waals surface area contributed by atoms with Gasteiger partial charge in [-0.25, -0.2) is 0 Å². The molecular weight excluding hydrogens is 396 g/mol. The molecule has 1 amide bonds. The number of carbonyl (C=O) groups excluding carboxylic acids is 2. The van der Waals surface area contributed by atoms with E-state index in [1.807, 2.05) is 45.9 Å². The van der Waals surface area contributed by atoms with E-state index < -0.39 is 0 Å². The van der Waals surface area contributed by atoms with Gasteiger partial charge < -0.3 is 19.7 Å². The minimum Gasteiger partial charge on any atom is -0.456 e. The summed E-state index contributed by atoms with van der Waals surface area (Å²) in [6.45, 7) is 2.99. The quantitative estimate of drug-likeness (QED) is 0.368. The number of esters is 1. The molecule has 0 unspecified atom stereocenters. The lowest BCUT2D eigenvalue weighted by atomic mass is 10.1. The Labute approximate surface area is 174 Å². The first kappa shape index (κ1) is 21.3. The molecule has 0 saturated carbocycles. The van der Waals surface area contributed by atoms with E-state index in [2.05, 4.69) is 10.2 Å². The third-order valence-corrected chi connectivity index (χ3v) is 7.78. The van der Waals surface area contributed by atoms with Crippen molar-refractivity contribution >= 4 is 44.8 Å². The third-order valence-electron chi connectivity index (χ3n) is 4.78. The maximum atomic E-state index is 12.0. The van der Waals surface area contributed by atoms with Crippen molar-refractivity contribution < 1.29 is 19.1 Å². The van der Waals surface area contributed by atoms with Gasteiger partial charge in [-0.3, -0.25) is 9.59 Å². The second-order valence-corrected chi connectivity index (χ2v) is 9.72. The number of anilines is 2. The van der Waals surface area contributed by atoms with E-state index in [4.69, 9.17) is 9.47 Å². The molecule has 3 rings (SSSR count). The largest absolute Gasteiger partial charge is 0.456 e. The molecule has 6 nitrogen and oxygen atoms in total. The Hall–Kier alpha value is -1.38. The molecule has 1 aromatic rings. The average Bonchev–Trinajstić information content (AvgIpc) is 3.24. The summed E-state index contributed by atoms with van der Waals surface area (Å²) >= 11 is 0. The zero-order valence-corrected chi connectivity index (χ0v) is 17.7. The predicted molar refractivity (Wildman–Crippen MR) is 116 cm³/mol. The Morgan fingerprint density at radius 3 is 2.68 bits per heavy atom. The monoisotopic (exact) mass is 424 g/mol. The number of unbranched alkanes of at least 4 members (excludes halogenated alkanes) is 1. The fourth-order valence-corrected chi connectivity index (χ4v) is 6.23. The van der Waals surface area contributed by atoms with Gasteiger partial charge in [-0.05, 0) is 43.5 Å². The molecule has 2 fully saturated rings. The number of rotatable bonds is 9. The fraction of sp³-hybridized carbons (Fsp3) is 0.600. The standard InChI is InChI=1S/C20H28N2O4S2/c23-19(15-26-20(24)4-2-1-3-18-9-14-27-28-18)21-16-5-7-17(8-6-16)22-10-12-25-13-11-22/h5-8,18H,1-4,9-15H2,(H,21,23)/t18-/m0/s1. The second kappa shape index (κ2) is 11.6. The fourth-order valence-electron chi connectivity index (χ4n) is 3.20. The molecule has 0 aromatic heterocycles. The van der Waals surface area contributed by atoms with Crippen LogP contribution in [0.25, 0.3) is 0 Å². The maximum absolute atomic E-state index is 12.0. The zero-order chi connectivity index (χ0) is 19.6. The summed E-state index contributed by atoms with van der Waals surface area (Å²) in [4.78, 5) is 26.0. The van der Waals surface area contributed by atoms with Crippen molar-refractivity contribution in [1.82, 2.24) is 0 Å². The summed E-state index contributed by atoms with van der Waals surface area (Å²) < 4.78 is 10.4. The first-order valence-corrected chi connectivity index (χ1v) is 12.3. The number of hydrogen-bond acceptors (Lipinski definition) is 7. The number of morpholine rings is 1. The zero-order valence-electron chi connectivity index (χ0n) is 16.1. The van der Waals surface area contributed by atoms with E-state index in [0.717, 1.165) is 56.5 Å². The lowest BCUT2D eigenvalue weighted by molar-refractivity contribution is -0.147. The molecule has 2 saturated heterocycles. The molecule has 2 aliphatic rings. The van der Waals surface area contributed by atoms with Crippen molar-refractivity contribution in [2.45, 2.75) is 37.4 Å². The van der Waals surface area contributed by atoms with E-state index in [-0.39, 0.29) is 18.5 Å². The van der Waals surface area contributed by atoms with Crippen molar-refractivity contribution in [3.05, 3.63) is 24.3 Å². The van der Waals surface area contributed by atoms with Gasteiger partial charge in [-0.15, -0.1) is 0 Å². The number of benzene rings is 1. The summed E-state index contributed by atoms with van der Waals surface area (Å²) in [5, 5.41) is 3.50. The molecule has 8 heteroatoms. The highest BCUT2D eigenvalue weighted by Crippen LogP contribution is 2.39. The Balaban J connectivity index is 1.29. The highest BCUT2D eigenvalue weighted by Gasteiger charge is 2.16. The average molecular weight is 425 g/mol. The van der Waals surface area contributed by atoms with Crippen LogP contribution in [0.15, 0.2) is 24.3 Å². The Bertz CT molecular complexity index is 630. The van der Waals surface area contributed by atoms with Crippen molar-refractivity contribution in [3.8, 4) is 0 Å². The molecule has 154 valence electrons.